The molecule has 0 aliphatic rings. The Morgan fingerprint density at radius 3 is 2.33 bits per heavy atom. The van der Waals surface area contributed by atoms with Crippen molar-refractivity contribution in [3.63, 3.8) is 0 Å². The molecule has 0 rings (SSSR count). The van der Waals surface area contributed by atoms with Gasteiger partial charge in [-0.05, 0) is 18.5 Å². The van der Waals surface area contributed by atoms with Crippen LogP contribution in [-0.2, 0) is 0 Å². The lowest BCUT2D eigenvalue weighted by Gasteiger charge is -2.12. The van der Waals surface area contributed by atoms with Crippen molar-refractivity contribution in [2.24, 2.45) is 0 Å². The lowest BCUT2D eigenvalue weighted by Crippen LogP contribution is -1.96. The molecule has 0 fully saturated rings. The lowest BCUT2D eigenvalue weighted by molar-refractivity contribution is 0.723. The van der Waals surface area contributed by atoms with Crippen LogP contribution in [0.2, 0.25) is 0 Å². The van der Waals surface area contributed by atoms with Gasteiger partial charge in [-0.2, -0.15) is 0 Å². The van der Waals surface area contributed by atoms with E-state index in [0.717, 1.165) is 10.9 Å². The van der Waals surface area contributed by atoms with E-state index >= 15 is 0 Å². The third-order valence-corrected chi connectivity index (χ3v) is 7.08. The molecular weight excluding hydrogens is 203 g/mol. The Bertz CT molecular complexity index is 96.5. The van der Waals surface area contributed by atoms with Crippen LogP contribution in [0.1, 0.15) is 47.0 Å². The molecule has 1 atom stereocenters. The summed E-state index contributed by atoms with van der Waals surface area (Å²) >= 11 is 0. The second kappa shape index (κ2) is 8.72. The Morgan fingerprint density at radius 1 is 1.25 bits per heavy atom. The highest BCUT2D eigenvalue weighted by Crippen LogP contribution is 2.46. The molecule has 0 saturated carbocycles. The van der Waals surface area contributed by atoms with E-state index < -0.39 is 0 Å². The minimum Gasteiger partial charge on any atom is -0.0858 e. The van der Waals surface area contributed by atoms with Crippen LogP contribution >= 0.6 is 29.0 Å². The lowest BCUT2D eigenvalue weighted by atomic mass is 10.2. The summed E-state index contributed by atoms with van der Waals surface area (Å²) in [6, 6.07) is 0. The van der Waals surface area contributed by atoms with Crippen LogP contribution < -0.4 is 0 Å². The largest absolute Gasteiger partial charge is 0.0858 e. The molecule has 0 aliphatic carbocycles. The smallest absolute Gasteiger partial charge is 0.0152 e. The molecule has 0 N–H and O–H groups in total. The zero-order chi connectivity index (χ0) is 9.40. The van der Waals surface area contributed by atoms with E-state index in [9.17, 15) is 0 Å². The van der Waals surface area contributed by atoms with E-state index in [1.165, 1.54) is 27.0 Å². The average Bonchev–Trinajstić information content (AvgIpc) is 2.02. The van der Waals surface area contributed by atoms with Crippen molar-refractivity contribution in [2.45, 2.75) is 57.9 Å². The molecule has 1 radical (unpaired) electrons. The third kappa shape index (κ3) is 7.76. The molecule has 1 unspecified atom stereocenters. The minimum atomic E-state index is 0.807. The van der Waals surface area contributed by atoms with Crippen LogP contribution in [0.15, 0.2) is 0 Å². The van der Waals surface area contributed by atoms with Gasteiger partial charge in [0.15, 0.2) is 0 Å². The van der Waals surface area contributed by atoms with Crippen molar-refractivity contribution in [1.29, 1.82) is 0 Å². The van der Waals surface area contributed by atoms with Gasteiger partial charge < -0.3 is 0 Å². The summed E-state index contributed by atoms with van der Waals surface area (Å²) in [5.41, 5.74) is 0.807. The molecule has 0 aromatic carbocycles. The molecule has 12 heavy (non-hydrogen) atoms. The molecule has 0 spiro atoms. The molecule has 0 heterocycles. The topological polar surface area (TPSA) is 0 Å². The van der Waals surface area contributed by atoms with Crippen molar-refractivity contribution in [2.75, 3.05) is 0 Å². The second-order valence-corrected chi connectivity index (χ2v) is 8.44. The Morgan fingerprint density at radius 2 is 1.92 bits per heavy atom. The predicted octanol–water partition coefficient (Wildman–Crippen LogP) is 5.22. The van der Waals surface area contributed by atoms with E-state index in [-0.39, 0.29) is 0 Å². The number of hydrogen-bond donors (Lipinski definition) is 0. The second-order valence-electron chi connectivity index (χ2n) is 3.19. The maximum atomic E-state index is 2.29. The fraction of sp³-hybridized carbons (Fsp3) is 1.00. The van der Waals surface area contributed by atoms with Crippen LogP contribution in [0.4, 0.5) is 0 Å². The summed E-state index contributed by atoms with van der Waals surface area (Å²) in [7, 11) is 5.63. The summed E-state index contributed by atoms with van der Waals surface area (Å²) in [5, 5.41) is 0.881. The molecule has 0 aromatic rings. The molecule has 0 bridgehead atoms. The fourth-order valence-corrected chi connectivity index (χ4v) is 6.44. The van der Waals surface area contributed by atoms with Crippen LogP contribution in [0.25, 0.3) is 0 Å². The van der Waals surface area contributed by atoms with Gasteiger partial charge in [0, 0.05) is 13.0 Å². The first-order valence-electron chi connectivity index (χ1n) is 4.73. The van der Waals surface area contributed by atoms with Gasteiger partial charge >= 0.3 is 0 Å². The first-order chi connectivity index (χ1) is 5.70. The molecule has 73 valence electrons. The Kier molecular flexibility index (Phi) is 9.54. The SMILES string of the molecule is CCCC(CC)SS[P]C(C)C. The van der Waals surface area contributed by atoms with Crippen LogP contribution in [0.5, 0.6) is 0 Å². The van der Waals surface area contributed by atoms with Crippen molar-refractivity contribution in [3.05, 3.63) is 0 Å². The normalized spacial score (nSPS) is 14.8. The van der Waals surface area contributed by atoms with E-state index in [2.05, 4.69) is 38.5 Å². The molecule has 0 saturated heterocycles. The Hall–Kier alpha value is 1.13. The molecule has 0 aliphatic heterocycles. The van der Waals surface area contributed by atoms with E-state index in [1.807, 2.05) is 10.4 Å². The quantitative estimate of drug-likeness (QED) is 0.429. The van der Waals surface area contributed by atoms with E-state index in [4.69, 9.17) is 0 Å². The summed E-state index contributed by atoms with van der Waals surface area (Å²) in [6.45, 7) is 9.11. The molecule has 0 amide bonds. The molecule has 3 heteroatoms. The van der Waals surface area contributed by atoms with Gasteiger partial charge in [-0.3, -0.25) is 0 Å². The highest BCUT2D eigenvalue weighted by Gasteiger charge is 2.06. The Labute approximate surface area is 87.0 Å². The molecule has 0 aromatic heterocycles. The van der Waals surface area contributed by atoms with Gasteiger partial charge in [0.05, 0.1) is 0 Å². The third-order valence-electron chi connectivity index (χ3n) is 1.50. The summed E-state index contributed by atoms with van der Waals surface area (Å²) in [6.07, 6.45) is 4.02. The van der Waals surface area contributed by atoms with Gasteiger partial charge in [-0.1, -0.05) is 55.3 Å². The average molecular weight is 223 g/mol. The monoisotopic (exact) mass is 223 g/mol. The first kappa shape index (κ1) is 13.1. The highest BCUT2D eigenvalue weighted by atomic mass is 33.3. The summed E-state index contributed by atoms with van der Waals surface area (Å²) in [5.74, 6) is 0. The molecular formula is C9H20PS2. The standard InChI is InChI=1S/C9H20PS2/c1-5-7-9(6-2)11-12-10-8(3)4/h8-9H,5-7H2,1-4H3. The highest BCUT2D eigenvalue weighted by molar-refractivity contribution is 8.96. The van der Waals surface area contributed by atoms with Crippen molar-refractivity contribution in [1.82, 2.24) is 0 Å². The van der Waals surface area contributed by atoms with Crippen LogP contribution in [0, 0.1) is 0 Å². The zero-order valence-corrected chi connectivity index (χ0v) is 11.1. The molecule has 0 nitrogen and oxygen atoms in total. The van der Waals surface area contributed by atoms with Crippen LogP contribution in [-0.4, -0.2) is 10.9 Å². The zero-order valence-electron chi connectivity index (χ0n) is 8.54. The van der Waals surface area contributed by atoms with Gasteiger partial charge in [0.1, 0.15) is 0 Å². The van der Waals surface area contributed by atoms with Gasteiger partial charge in [0.2, 0.25) is 0 Å². The van der Waals surface area contributed by atoms with E-state index in [0.29, 0.717) is 0 Å². The van der Waals surface area contributed by atoms with Crippen LogP contribution in [0.3, 0.4) is 0 Å². The van der Waals surface area contributed by atoms with Crippen molar-refractivity contribution in [3.8, 4) is 0 Å². The number of rotatable bonds is 7. The minimum absolute atomic E-state index is 0.807. The van der Waals surface area contributed by atoms with Crippen molar-refractivity contribution < 1.29 is 0 Å². The predicted molar refractivity (Wildman–Crippen MR) is 66.2 cm³/mol. The van der Waals surface area contributed by atoms with E-state index in [1.54, 1.807) is 0 Å². The maximum absolute atomic E-state index is 2.29. The summed E-state index contributed by atoms with van der Waals surface area (Å²) < 4.78 is 0. The summed E-state index contributed by atoms with van der Waals surface area (Å²) in [4.78, 5) is 0. The van der Waals surface area contributed by atoms with Gasteiger partial charge in [-0.25, -0.2) is 0 Å². The number of hydrogen-bond acceptors (Lipinski definition) is 2. The van der Waals surface area contributed by atoms with Gasteiger partial charge in [0.25, 0.3) is 0 Å². The van der Waals surface area contributed by atoms with Gasteiger partial charge in [-0.15, -0.1) is 0 Å². The van der Waals surface area contributed by atoms with Crippen molar-refractivity contribution >= 4 is 29.0 Å². The Balaban J connectivity index is 3.31. The fourth-order valence-electron chi connectivity index (χ4n) is 0.814. The maximum Gasteiger partial charge on any atom is 0.0152 e. The first-order valence-corrected chi connectivity index (χ1v) is 8.51.